The lowest BCUT2D eigenvalue weighted by molar-refractivity contribution is -0.0190. The molecule has 2 atom stereocenters. The number of benzene rings is 3. The summed E-state index contributed by atoms with van der Waals surface area (Å²) < 4.78 is 17.6. The van der Waals surface area contributed by atoms with Gasteiger partial charge in [-0.05, 0) is 86.1 Å². The van der Waals surface area contributed by atoms with Crippen molar-refractivity contribution < 1.29 is 14.2 Å². The topological polar surface area (TPSA) is 43.3 Å². The molecular weight excluding hydrogens is 424 g/mol. The maximum atomic E-state index is 6.42. The van der Waals surface area contributed by atoms with Crippen LogP contribution < -0.4 is 14.2 Å². The molecular formula is C26H25ClN2O3. The predicted molar refractivity (Wildman–Crippen MR) is 126 cm³/mol. The van der Waals surface area contributed by atoms with E-state index in [0.717, 1.165) is 46.1 Å². The van der Waals surface area contributed by atoms with Gasteiger partial charge >= 0.3 is 0 Å². The number of hydrogen-bond acceptors (Lipinski definition) is 5. The largest absolute Gasteiger partial charge is 0.494 e. The number of fused-ring (bicyclic) bond motifs is 3. The van der Waals surface area contributed by atoms with Crippen LogP contribution in [0.1, 0.15) is 49.2 Å². The summed E-state index contributed by atoms with van der Waals surface area (Å²) in [6, 6.07) is 22.0. The van der Waals surface area contributed by atoms with E-state index < -0.39 is 0 Å². The van der Waals surface area contributed by atoms with Crippen LogP contribution >= 0.6 is 11.6 Å². The van der Waals surface area contributed by atoms with Gasteiger partial charge in [0.25, 0.3) is 0 Å². The van der Waals surface area contributed by atoms with Gasteiger partial charge in [-0.3, -0.25) is 0 Å². The Hall–Kier alpha value is -3.18. The van der Waals surface area contributed by atoms with Crippen molar-refractivity contribution in [2.45, 2.75) is 32.5 Å². The van der Waals surface area contributed by atoms with Gasteiger partial charge in [0.15, 0.2) is 0 Å². The summed E-state index contributed by atoms with van der Waals surface area (Å²) in [6.45, 7) is 5.24. The molecule has 5 nitrogen and oxygen atoms in total. The van der Waals surface area contributed by atoms with E-state index in [-0.39, 0.29) is 12.3 Å². The molecule has 2 aliphatic heterocycles. The number of hydrazone groups is 1. The molecule has 0 radical (unpaired) electrons. The van der Waals surface area contributed by atoms with Crippen LogP contribution in [0.2, 0.25) is 5.02 Å². The highest BCUT2D eigenvalue weighted by Gasteiger charge is 2.41. The van der Waals surface area contributed by atoms with Crippen molar-refractivity contribution >= 4 is 17.3 Å². The Kier molecular flexibility index (Phi) is 5.66. The molecule has 0 saturated heterocycles. The Labute approximate surface area is 193 Å². The zero-order chi connectivity index (χ0) is 22.1. The van der Waals surface area contributed by atoms with E-state index >= 15 is 0 Å². The summed E-state index contributed by atoms with van der Waals surface area (Å²) in [6.07, 6.45) is 0.447. The van der Waals surface area contributed by atoms with Crippen molar-refractivity contribution in [2.75, 3.05) is 13.2 Å². The smallest absolute Gasteiger partial charge is 0.213 e. The van der Waals surface area contributed by atoms with E-state index in [0.29, 0.717) is 18.2 Å². The van der Waals surface area contributed by atoms with Crippen LogP contribution in [-0.4, -0.2) is 23.9 Å². The molecule has 0 bridgehead atoms. The second kappa shape index (κ2) is 8.75. The van der Waals surface area contributed by atoms with E-state index in [4.69, 9.17) is 30.9 Å². The molecule has 164 valence electrons. The van der Waals surface area contributed by atoms with Crippen molar-refractivity contribution in [1.29, 1.82) is 0 Å². The number of halogens is 1. The van der Waals surface area contributed by atoms with Gasteiger partial charge in [0, 0.05) is 22.6 Å². The quantitative estimate of drug-likeness (QED) is 0.439. The van der Waals surface area contributed by atoms with Gasteiger partial charge in [-0.15, -0.1) is 0 Å². The molecule has 3 aromatic rings. The van der Waals surface area contributed by atoms with Crippen LogP contribution in [0.25, 0.3) is 0 Å². The van der Waals surface area contributed by atoms with E-state index in [1.54, 1.807) is 0 Å². The first-order valence-corrected chi connectivity index (χ1v) is 11.3. The third-order valence-electron chi connectivity index (χ3n) is 5.73. The standard InChI is InChI=1S/C26H25ClN2O3/c1-3-30-20-10-5-17(6-11-20)23-16-24-22-15-19(27)9-14-25(22)32-26(29(24)28-23)18-7-12-21(13-8-18)31-4-2/h5-15,24,26H,3-4,16H2,1-2H3/t24-,26+/m0/s1. The highest BCUT2D eigenvalue weighted by molar-refractivity contribution is 6.30. The lowest BCUT2D eigenvalue weighted by Crippen LogP contribution is -2.33. The van der Waals surface area contributed by atoms with Crippen molar-refractivity contribution in [1.82, 2.24) is 5.01 Å². The second-order valence-electron chi connectivity index (χ2n) is 7.76. The molecule has 2 aliphatic rings. The summed E-state index contributed by atoms with van der Waals surface area (Å²) in [4.78, 5) is 0. The van der Waals surface area contributed by atoms with Gasteiger partial charge in [-0.2, -0.15) is 5.10 Å². The fourth-order valence-corrected chi connectivity index (χ4v) is 4.44. The Balaban J connectivity index is 1.51. The molecule has 32 heavy (non-hydrogen) atoms. The minimum atomic E-state index is -0.329. The highest BCUT2D eigenvalue weighted by atomic mass is 35.5. The second-order valence-corrected chi connectivity index (χ2v) is 8.19. The third kappa shape index (κ3) is 3.89. The van der Waals surface area contributed by atoms with Crippen LogP contribution in [0, 0.1) is 0 Å². The summed E-state index contributed by atoms with van der Waals surface area (Å²) in [5.41, 5.74) is 4.18. The molecule has 0 aromatic heterocycles. The van der Waals surface area contributed by atoms with E-state index in [1.807, 2.05) is 68.4 Å². The lowest BCUT2D eigenvalue weighted by Gasteiger charge is -2.38. The van der Waals surface area contributed by atoms with Gasteiger partial charge < -0.3 is 14.2 Å². The zero-order valence-corrected chi connectivity index (χ0v) is 18.9. The van der Waals surface area contributed by atoms with Crippen LogP contribution in [0.5, 0.6) is 17.2 Å². The fourth-order valence-electron chi connectivity index (χ4n) is 4.26. The minimum Gasteiger partial charge on any atom is -0.494 e. The fraction of sp³-hybridized carbons (Fsp3) is 0.269. The summed E-state index contributed by atoms with van der Waals surface area (Å²) >= 11 is 6.33. The van der Waals surface area contributed by atoms with Gasteiger partial charge in [-0.1, -0.05) is 11.6 Å². The molecule has 6 heteroatoms. The molecule has 0 unspecified atom stereocenters. The van der Waals surface area contributed by atoms with Gasteiger partial charge in [-0.25, -0.2) is 5.01 Å². The average molecular weight is 449 g/mol. The van der Waals surface area contributed by atoms with Crippen LogP contribution in [-0.2, 0) is 0 Å². The first-order valence-electron chi connectivity index (χ1n) is 10.9. The summed E-state index contributed by atoms with van der Waals surface area (Å²) in [7, 11) is 0. The molecule has 0 amide bonds. The number of ether oxygens (including phenoxy) is 3. The Bertz CT molecular complexity index is 1130. The number of nitrogens with zero attached hydrogens (tertiary/aromatic N) is 2. The van der Waals surface area contributed by atoms with Crippen molar-refractivity contribution in [3.8, 4) is 17.2 Å². The Morgan fingerprint density at radius 1 is 0.938 bits per heavy atom. The molecule has 0 aliphatic carbocycles. The van der Waals surface area contributed by atoms with Gasteiger partial charge in [0.2, 0.25) is 6.23 Å². The Morgan fingerprint density at radius 2 is 1.59 bits per heavy atom. The number of hydrogen-bond donors (Lipinski definition) is 0. The third-order valence-corrected chi connectivity index (χ3v) is 5.96. The van der Waals surface area contributed by atoms with Crippen molar-refractivity contribution in [2.24, 2.45) is 5.10 Å². The first-order chi connectivity index (χ1) is 15.7. The molecule has 5 rings (SSSR count). The summed E-state index contributed by atoms with van der Waals surface area (Å²) in [5.74, 6) is 2.55. The van der Waals surface area contributed by atoms with E-state index in [9.17, 15) is 0 Å². The van der Waals surface area contributed by atoms with Crippen molar-refractivity contribution in [3.63, 3.8) is 0 Å². The Morgan fingerprint density at radius 3 is 2.25 bits per heavy atom. The molecule has 0 fully saturated rings. The highest BCUT2D eigenvalue weighted by Crippen LogP contribution is 2.48. The van der Waals surface area contributed by atoms with Crippen LogP contribution in [0.3, 0.4) is 0 Å². The number of rotatable bonds is 6. The molecule has 2 heterocycles. The maximum Gasteiger partial charge on any atom is 0.213 e. The first kappa shape index (κ1) is 20.7. The normalized spacial score (nSPS) is 19.0. The minimum absolute atomic E-state index is 0.0515. The molecule has 0 N–H and O–H groups in total. The van der Waals surface area contributed by atoms with E-state index in [2.05, 4.69) is 17.1 Å². The zero-order valence-electron chi connectivity index (χ0n) is 18.1. The van der Waals surface area contributed by atoms with Crippen molar-refractivity contribution in [3.05, 3.63) is 88.4 Å². The molecule has 3 aromatic carbocycles. The monoisotopic (exact) mass is 448 g/mol. The van der Waals surface area contributed by atoms with Gasteiger partial charge in [0.05, 0.1) is 25.0 Å². The lowest BCUT2D eigenvalue weighted by atomic mass is 9.96. The van der Waals surface area contributed by atoms with E-state index in [1.165, 1.54) is 0 Å². The molecule has 0 saturated carbocycles. The maximum absolute atomic E-state index is 6.42. The van der Waals surface area contributed by atoms with Crippen LogP contribution in [0.4, 0.5) is 0 Å². The van der Waals surface area contributed by atoms with Crippen LogP contribution in [0.15, 0.2) is 71.8 Å². The average Bonchev–Trinajstić information content (AvgIpc) is 3.26. The van der Waals surface area contributed by atoms with Gasteiger partial charge in [0.1, 0.15) is 17.2 Å². The SMILES string of the molecule is CCOc1ccc(C2=NN3[C@@H](c4ccc(OCC)cc4)Oc4ccc(Cl)cc4[C@@H]3C2)cc1. The molecule has 0 spiro atoms. The summed E-state index contributed by atoms with van der Waals surface area (Å²) in [5, 5.41) is 7.76. The predicted octanol–water partition coefficient (Wildman–Crippen LogP) is 6.38.